The van der Waals surface area contributed by atoms with Gasteiger partial charge in [-0.1, -0.05) is 11.6 Å². The average molecular weight is 302 g/mol. The summed E-state index contributed by atoms with van der Waals surface area (Å²) in [5, 5.41) is 3.95. The summed E-state index contributed by atoms with van der Waals surface area (Å²) in [4.78, 5) is 0. The van der Waals surface area contributed by atoms with Crippen molar-refractivity contribution in [1.82, 2.24) is 0 Å². The summed E-state index contributed by atoms with van der Waals surface area (Å²) in [5.41, 5.74) is 0.660. The lowest BCUT2D eigenvalue weighted by Crippen LogP contribution is -2.31. The van der Waals surface area contributed by atoms with Gasteiger partial charge in [-0.3, -0.25) is 0 Å². The molecule has 0 aromatic heterocycles. The van der Waals surface area contributed by atoms with Crippen LogP contribution in [0.4, 0.5) is 5.69 Å². The minimum Gasteiger partial charge on any atom is -0.495 e. The summed E-state index contributed by atoms with van der Waals surface area (Å²) in [6.07, 6.45) is 0.857. The van der Waals surface area contributed by atoms with E-state index in [0.29, 0.717) is 16.5 Å². The average Bonchev–Trinajstić information content (AvgIpc) is 2.38. The summed E-state index contributed by atoms with van der Waals surface area (Å²) in [7, 11) is 4.92. The molecule has 1 unspecified atom stereocenters. The van der Waals surface area contributed by atoms with Crippen LogP contribution in [0.15, 0.2) is 12.1 Å². The van der Waals surface area contributed by atoms with Crippen molar-refractivity contribution in [1.29, 1.82) is 0 Å². The molecule has 0 spiro atoms. The highest BCUT2D eigenvalue weighted by molar-refractivity contribution is 6.32. The van der Waals surface area contributed by atoms with Gasteiger partial charge in [0.2, 0.25) is 0 Å². The fraction of sp³-hybridized carbons (Fsp3) is 0.600. The number of anilines is 1. The second-order valence-corrected chi connectivity index (χ2v) is 5.81. The first kappa shape index (κ1) is 16.9. The van der Waals surface area contributed by atoms with Crippen LogP contribution < -0.4 is 14.8 Å². The maximum absolute atomic E-state index is 6.16. The molecule has 0 fully saturated rings. The smallest absolute Gasteiger partial charge is 0.145 e. The van der Waals surface area contributed by atoms with Gasteiger partial charge < -0.3 is 19.5 Å². The topological polar surface area (TPSA) is 39.7 Å². The molecule has 1 aromatic carbocycles. The minimum atomic E-state index is -0.185. The first-order chi connectivity index (χ1) is 9.32. The molecule has 20 heavy (non-hydrogen) atoms. The summed E-state index contributed by atoms with van der Waals surface area (Å²) in [5.74, 6) is 1.30. The lowest BCUT2D eigenvalue weighted by molar-refractivity contribution is 0.0128. The number of hydrogen-bond acceptors (Lipinski definition) is 4. The summed E-state index contributed by atoms with van der Waals surface area (Å²) in [6, 6.07) is 3.80. The first-order valence-electron chi connectivity index (χ1n) is 6.56. The van der Waals surface area contributed by atoms with Crippen molar-refractivity contribution >= 4 is 17.3 Å². The molecule has 1 aromatic rings. The van der Waals surface area contributed by atoms with Crippen LogP contribution in [0.1, 0.15) is 27.2 Å². The molecule has 0 radical (unpaired) electrons. The van der Waals surface area contributed by atoms with Gasteiger partial charge in [-0.25, -0.2) is 0 Å². The monoisotopic (exact) mass is 301 g/mol. The van der Waals surface area contributed by atoms with Crippen LogP contribution >= 0.6 is 11.6 Å². The summed E-state index contributed by atoms with van der Waals surface area (Å²) in [6.45, 7) is 6.21. The SMILES string of the molecule is COc1cc(OC)c(NC(C)CC(C)(C)OC)cc1Cl. The van der Waals surface area contributed by atoms with E-state index < -0.39 is 0 Å². The van der Waals surface area contributed by atoms with Crippen LogP contribution in [-0.4, -0.2) is 33.0 Å². The zero-order chi connectivity index (χ0) is 15.3. The Morgan fingerprint density at radius 1 is 1.15 bits per heavy atom. The molecule has 4 nitrogen and oxygen atoms in total. The third-order valence-corrected chi connectivity index (χ3v) is 3.52. The minimum absolute atomic E-state index is 0.185. The molecule has 0 bridgehead atoms. The Labute approximate surface area is 126 Å². The number of benzene rings is 1. The van der Waals surface area contributed by atoms with E-state index in [1.54, 1.807) is 27.4 Å². The van der Waals surface area contributed by atoms with Gasteiger partial charge in [0, 0.05) is 19.2 Å². The Balaban J connectivity index is 2.89. The van der Waals surface area contributed by atoms with E-state index in [0.717, 1.165) is 12.1 Å². The molecule has 1 rings (SSSR count). The third kappa shape index (κ3) is 4.46. The number of nitrogens with one attached hydrogen (secondary N) is 1. The van der Waals surface area contributed by atoms with Crippen LogP contribution in [-0.2, 0) is 4.74 Å². The largest absolute Gasteiger partial charge is 0.495 e. The molecular formula is C15H24ClNO3. The molecular weight excluding hydrogens is 278 g/mol. The number of hydrogen-bond donors (Lipinski definition) is 1. The van der Waals surface area contributed by atoms with E-state index >= 15 is 0 Å². The zero-order valence-corrected chi connectivity index (χ0v) is 13.8. The second-order valence-electron chi connectivity index (χ2n) is 5.40. The zero-order valence-electron chi connectivity index (χ0n) is 13.0. The Bertz CT molecular complexity index is 449. The Hall–Kier alpha value is -1.13. The van der Waals surface area contributed by atoms with Crippen LogP contribution in [0.2, 0.25) is 5.02 Å². The fourth-order valence-electron chi connectivity index (χ4n) is 2.11. The molecule has 0 aliphatic heterocycles. The van der Waals surface area contributed by atoms with Crippen molar-refractivity contribution in [2.45, 2.75) is 38.8 Å². The van der Waals surface area contributed by atoms with E-state index in [-0.39, 0.29) is 11.6 Å². The van der Waals surface area contributed by atoms with Crippen molar-refractivity contribution in [2.24, 2.45) is 0 Å². The van der Waals surface area contributed by atoms with Gasteiger partial charge in [0.1, 0.15) is 11.5 Å². The number of rotatable bonds is 7. The van der Waals surface area contributed by atoms with Crippen molar-refractivity contribution in [2.75, 3.05) is 26.6 Å². The molecule has 0 aliphatic rings. The van der Waals surface area contributed by atoms with Crippen LogP contribution in [0, 0.1) is 0 Å². The Morgan fingerprint density at radius 3 is 2.25 bits per heavy atom. The maximum Gasteiger partial charge on any atom is 0.145 e. The first-order valence-corrected chi connectivity index (χ1v) is 6.94. The van der Waals surface area contributed by atoms with Crippen molar-refractivity contribution < 1.29 is 14.2 Å². The normalized spacial score (nSPS) is 12.9. The lowest BCUT2D eigenvalue weighted by atomic mass is 9.99. The van der Waals surface area contributed by atoms with Gasteiger partial charge in [-0.15, -0.1) is 0 Å². The molecule has 114 valence electrons. The van der Waals surface area contributed by atoms with Crippen molar-refractivity contribution in [3.8, 4) is 11.5 Å². The highest BCUT2D eigenvalue weighted by atomic mass is 35.5. The molecule has 0 aliphatic carbocycles. The van der Waals surface area contributed by atoms with Gasteiger partial charge in [-0.2, -0.15) is 0 Å². The van der Waals surface area contributed by atoms with Gasteiger partial charge in [0.05, 0.1) is 30.5 Å². The molecule has 0 amide bonds. The predicted octanol–water partition coefficient (Wildman–Crippen LogP) is 3.97. The fourth-order valence-corrected chi connectivity index (χ4v) is 2.35. The van der Waals surface area contributed by atoms with Gasteiger partial charge in [0.25, 0.3) is 0 Å². The van der Waals surface area contributed by atoms with Crippen molar-refractivity contribution in [3.05, 3.63) is 17.2 Å². The van der Waals surface area contributed by atoms with Gasteiger partial charge in [-0.05, 0) is 33.3 Å². The number of methoxy groups -OCH3 is 3. The second kappa shape index (κ2) is 7.04. The Morgan fingerprint density at radius 2 is 1.75 bits per heavy atom. The van der Waals surface area contributed by atoms with E-state index in [2.05, 4.69) is 26.1 Å². The molecule has 1 atom stereocenters. The van der Waals surface area contributed by atoms with Crippen LogP contribution in [0.5, 0.6) is 11.5 Å². The van der Waals surface area contributed by atoms with E-state index in [4.69, 9.17) is 25.8 Å². The molecule has 5 heteroatoms. The number of halogens is 1. The highest BCUT2D eigenvalue weighted by Crippen LogP contribution is 2.36. The van der Waals surface area contributed by atoms with Crippen LogP contribution in [0.3, 0.4) is 0 Å². The maximum atomic E-state index is 6.16. The quantitative estimate of drug-likeness (QED) is 0.827. The molecule has 0 saturated heterocycles. The van der Waals surface area contributed by atoms with E-state index in [1.165, 1.54) is 0 Å². The van der Waals surface area contributed by atoms with Gasteiger partial charge in [0.15, 0.2) is 0 Å². The van der Waals surface area contributed by atoms with Crippen LogP contribution in [0.25, 0.3) is 0 Å². The lowest BCUT2D eigenvalue weighted by Gasteiger charge is -2.28. The third-order valence-electron chi connectivity index (χ3n) is 3.23. The highest BCUT2D eigenvalue weighted by Gasteiger charge is 2.21. The summed E-state index contributed by atoms with van der Waals surface area (Å²) >= 11 is 6.16. The predicted molar refractivity (Wildman–Crippen MR) is 83.3 cm³/mol. The van der Waals surface area contributed by atoms with Gasteiger partial charge >= 0.3 is 0 Å². The Kier molecular flexibility index (Phi) is 5.96. The van der Waals surface area contributed by atoms with E-state index in [9.17, 15) is 0 Å². The standard InChI is InChI=1S/C15H24ClNO3/c1-10(9-15(2,3)20-6)17-12-7-11(16)13(18-4)8-14(12)19-5/h7-8,10,17H,9H2,1-6H3. The summed E-state index contributed by atoms with van der Waals surface area (Å²) < 4.78 is 16.0. The van der Waals surface area contributed by atoms with E-state index in [1.807, 2.05) is 6.07 Å². The number of ether oxygens (including phenoxy) is 3. The molecule has 0 saturated carbocycles. The molecule has 0 heterocycles. The van der Waals surface area contributed by atoms with Crippen molar-refractivity contribution in [3.63, 3.8) is 0 Å². The molecule has 1 N–H and O–H groups in total.